The van der Waals surface area contributed by atoms with Crippen molar-refractivity contribution in [3.63, 3.8) is 0 Å². The largest absolute Gasteiger partial charge is 0.464 e. The number of rotatable bonds is 10. The van der Waals surface area contributed by atoms with Gasteiger partial charge in [-0.1, -0.05) is 32.9 Å². The fraction of sp³-hybridized carbons (Fsp3) is 0.478. The van der Waals surface area contributed by atoms with Crippen LogP contribution in [0.2, 0.25) is 0 Å². The normalized spacial score (nSPS) is 11.0. The van der Waals surface area contributed by atoms with Gasteiger partial charge in [-0.3, -0.25) is 9.59 Å². The molecule has 29 heavy (non-hydrogen) atoms. The smallest absolute Gasteiger partial charge is 0.242 e. The van der Waals surface area contributed by atoms with Crippen molar-refractivity contribution >= 4 is 11.8 Å². The van der Waals surface area contributed by atoms with Gasteiger partial charge >= 0.3 is 0 Å². The van der Waals surface area contributed by atoms with Gasteiger partial charge in [0.25, 0.3) is 0 Å². The summed E-state index contributed by atoms with van der Waals surface area (Å²) in [5, 5.41) is 0. The maximum absolute atomic E-state index is 13.2. The highest BCUT2D eigenvalue weighted by molar-refractivity contribution is 5.84. The molecule has 0 aliphatic rings. The van der Waals surface area contributed by atoms with Crippen LogP contribution >= 0.6 is 0 Å². The van der Waals surface area contributed by atoms with Crippen LogP contribution < -0.4 is 0 Å². The van der Waals surface area contributed by atoms with Gasteiger partial charge < -0.3 is 14.2 Å². The Kier molecular flexibility index (Phi) is 8.43. The molecule has 2 rings (SSSR count). The van der Waals surface area contributed by atoms with Crippen LogP contribution in [0.4, 0.5) is 4.39 Å². The van der Waals surface area contributed by atoms with E-state index in [0.717, 1.165) is 17.7 Å². The third-order valence-corrected chi connectivity index (χ3v) is 4.51. The van der Waals surface area contributed by atoms with E-state index in [1.165, 1.54) is 12.1 Å². The Morgan fingerprint density at radius 1 is 1.00 bits per heavy atom. The SMILES string of the molecule is CCCC(=O)N(CC(=O)N(Cc1ccc(F)cc1)Cc1ccc(C)o1)CC(C)C. The van der Waals surface area contributed by atoms with Crippen LogP contribution in [0.25, 0.3) is 0 Å². The molecular formula is C23H31FN2O3. The fourth-order valence-corrected chi connectivity index (χ4v) is 3.13. The van der Waals surface area contributed by atoms with E-state index >= 15 is 0 Å². The third kappa shape index (κ3) is 7.37. The molecule has 2 amide bonds. The van der Waals surface area contributed by atoms with E-state index in [9.17, 15) is 14.0 Å². The molecule has 0 aliphatic heterocycles. The topological polar surface area (TPSA) is 53.8 Å². The second-order valence-electron chi connectivity index (χ2n) is 7.81. The van der Waals surface area contributed by atoms with Crippen molar-refractivity contribution in [3.05, 3.63) is 59.3 Å². The van der Waals surface area contributed by atoms with Gasteiger partial charge in [0.05, 0.1) is 13.1 Å². The molecule has 0 saturated carbocycles. The average molecular weight is 403 g/mol. The number of hydrogen-bond acceptors (Lipinski definition) is 3. The molecule has 6 heteroatoms. The first-order valence-corrected chi connectivity index (χ1v) is 10.1. The molecule has 0 N–H and O–H groups in total. The minimum atomic E-state index is -0.318. The van der Waals surface area contributed by atoms with Crippen molar-refractivity contribution in [2.45, 2.75) is 53.6 Å². The second kappa shape index (κ2) is 10.8. The summed E-state index contributed by atoms with van der Waals surface area (Å²) >= 11 is 0. The number of benzene rings is 1. The number of carbonyl (C=O) groups is 2. The number of aryl methyl sites for hydroxylation is 1. The molecule has 0 fully saturated rings. The quantitative estimate of drug-likeness (QED) is 0.586. The lowest BCUT2D eigenvalue weighted by atomic mass is 10.1. The lowest BCUT2D eigenvalue weighted by molar-refractivity contribution is -0.141. The van der Waals surface area contributed by atoms with Crippen LogP contribution in [0.3, 0.4) is 0 Å². The van der Waals surface area contributed by atoms with Crippen molar-refractivity contribution in [3.8, 4) is 0 Å². The molecule has 1 aromatic heterocycles. The third-order valence-electron chi connectivity index (χ3n) is 4.51. The molecule has 0 spiro atoms. The van der Waals surface area contributed by atoms with Crippen molar-refractivity contribution in [2.75, 3.05) is 13.1 Å². The summed E-state index contributed by atoms with van der Waals surface area (Å²) in [5.74, 6) is 1.23. The summed E-state index contributed by atoms with van der Waals surface area (Å²) in [6, 6.07) is 9.78. The lowest BCUT2D eigenvalue weighted by Gasteiger charge is -2.28. The number of hydrogen-bond donors (Lipinski definition) is 0. The minimum absolute atomic E-state index is 0.00914. The van der Waals surface area contributed by atoms with E-state index in [1.54, 1.807) is 21.9 Å². The summed E-state index contributed by atoms with van der Waals surface area (Å²) in [5.41, 5.74) is 0.818. The number of nitrogens with zero attached hydrogens (tertiary/aromatic N) is 2. The van der Waals surface area contributed by atoms with E-state index in [-0.39, 0.29) is 30.1 Å². The summed E-state index contributed by atoms with van der Waals surface area (Å²) in [6.45, 7) is 9.03. The summed E-state index contributed by atoms with van der Waals surface area (Å²) in [6.07, 6.45) is 1.17. The number of furan rings is 1. The van der Waals surface area contributed by atoms with Crippen LogP contribution in [-0.4, -0.2) is 34.7 Å². The van der Waals surface area contributed by atoms with Gasteiger partial charge in [-0.15, -0.1) is 0 Å². The van der Waals surface area contributed by atoms with Gasteiger partial charge in [0, 0.05) is 19.5 Å². The van der Waals surface area contributed by atoms with Crippen LogP contribution in [0.1, 0.15) is 50.7 Å². The van der Waals surface area contributed by atoms with Crippen LogP contribution in [0.15, 0.2) is 40.8 Å². The predicted octanol–water partition coefficient (Wildman–Crippen LogP) is 4.54. The molecular weight excluding hydrogens is 371 g/mol. The van der Waals surface area contributed by atoms with Crippen LogP contribution in [0, 0.1) is 18.7 Å². The molecule has 5 nitrogen and oxygen atoms in total. The monoisotopic (exact) mass is 402 g/mol. The Morgan fingerprint density at radius 2 is 1.69 bits per heavy atom. The van der Waals surface area contributed by atoms with Gasteiger partial charge in [-0.2, -0.15) is 0 Å². The standard InChI is InChI=1S/C23H31FN2O3/c1-5-6-22(27)25(13-17(2)3)16-23(28)26(15-21-12-7-18(4)29-21)14-19-8-10-20(24)11-9-19/h7-12,17H,5-6,13-16H2,1-4H3. The maximum atomic E-state index is 13.2. The van der Waals surface area contributed by atoms with Gasteiger partial charge in [0.15, 0.2) is 0 Å². The first kappa shape index (κ1) is 22.7. The molecule has 1 heterocycles. The maximum Gasteiger partial charge on any atom is 0.242 e. The summed E-state index contributed by atoms with van der Waals surface area (Å²) in [7, 11) is 0. The van der Waals surface area contributed by atoms with E-state index in [2.05, 4.69) is 0 Å². The highest BCUT2D eigenvalue weighted by Crippen LogP contribution is 2.15. The lowest BCUT2D eigenvalue weighted by Crippen LogP contribution is -2.43. The zero-order valence-electron chi connectivity index (χ0n) is 17.8. The Morgan fingerprint density at radius 3 is 2.24 bits per heavy atom. The van der Waals surface area contributed by atoms with Crippen molar-refractivity contribution < 1.29 is 18.4 Å². The first-order chi connectivity index (χ1) is 13.8. The zero-order chi connectivity index (χ0) is 21.4. The molecule has 0 radical (unpaired) electrons. The van der Waals surface area contributed by atoms with Gasteiger partial charge in [-0.25, -0.2) is 4.39 Å². The highest BCUT2D eigenvalue weighted by atomic mass is 19.1. The zero-order valence-corrected chi connectivity index (χ0v) is 17.8. The van der Waals surface area contributed by atoms with Crippen molar-refractivity contribution in [1.82, 2.24) is 9.80 Å². The number of carbonyl (C=O) groups excluding carboxylic acids is 2. The Labute approximate surface area is 172 Å². The second-order valence-corrected chi connectivity index (χ2v) is 7.81. The van der Waals surface area contributed by atoms with Gasteiger partial charge in [0.1, 0.15) is 17.3 Å². The summed E-state index contributed by atoms with van der Waals surface area (Å²) < 4.78 is 18.9. The van der Waals surface area contributed by atoms with Crippen LogP contribution in [0.5, 0.6) is 0 Å². The van der Waals surface area contributed by atoms with E-state index < -0.39 is 0 Å². The average Bonchev–Trinajstić information content (AvgIpc) is 3.07. The molecule has 0 bridgehead atoms. The molecule has 1 aromatic carbocycles. The van der Waals surface area contributed by atoms with Crippen molar-refractivity contribution in [2.24, 2.45) is 5.92 Å². The molecule has 158 valence electrons. The van der Waals surface area contributed by atoms with Crippen molar-refractivity contribution in [1.29, 1.82) is 0 Å². The highest BCUT2D eigenvalue weighted by Gasteiger charge is 2.23. The minimum Gasteiger partial charge on any atom is -0.464 e. The molecule has 0 unspecified atom stereocenters. The van der Waals surface area contributed by atoms with E-state index in [4.69, 9.17) is 4.42 Å². The molecule has 0 atom stereocenters. The fourth-order valence-electron chi connectivity index (χ4n) is 3.13. The Balaban J connectivity index is 2.18. The number of amides is 2. The molecule has 0 saturated heterocycles. The first-order valence-electron chi connectivity index (χ1n) is 10.1. The van der Waals surface area contributed by atoms with Gasteiger partial charge in [-0.05, 0) is 49.1 Å². The predicted molar refractivity (Wildman–Crippen MR) is 110 cm³/mol. The molecule has 2 aromatic rings. The summed E-state index contributed by atoms with van der Waals surface area (Å²) in [4.78, 5) is 28.9. The Bertz CT molecular complexity index is 799. The van der Waals surface area contributed by atoms with E-state index in [0.29, 0.717) is 31.8 Å². The van der Waals surface area contributed by atoms with Crippen LogP contribution in [-0.2, 0) is 22.7 Å². The molecule has 0 aliphatic carbocycles. The number of halogens is 1. The Hall–Kier alpha value is -2.63. The van der Waals surface area contributed by atoms with E-state index in [1.807, 2.05) is 39.8 Å². The van der Waals surface area contributed by atoms with Gasteiger partial charge in [0.2, 0.25) is 11.8 Å².